The van der Waals surface area contributed by atoms with Gasteiger partial charge in [-0.05, 0) is 0 Å². The Bertz CT molecular complexity index is 438. The predicted molar refractivity (Wildman–Crippen MR) is 50.7 cm³/mol. The highest BCUT2D eigenvalue weighted by atomic mass is 32.2. The average Bonchev–Trinajstić information content (AvgIpc) is 2.49. The Balaban J connectivity index is 2.98. The normalized spacial score (nSPS) is 11.2. The standard InChI is InChI=1S/C5H8N4O3S2/c1-7-4-8-9-5(13-4)14(11,12)2-3(6)10/h2H2,1H3,(H2,6,10)(H,7,8). The van der Waals surface area contributed by atoms with Crippen molar-refractivity contribution in [2.75, 3.05) is 18.1 Å². The third-order valence-electron chi connectivity index (χ3n) is 1.22. The molecule has 1 amide bonds. The number of nitrogens with one attached hydrogen (secondary N) is 1. The quantitative estimate of drug-likeness (QED) is 0.681. The molecule has 0 fully saturated rings. The summed E-state index contributed by atoms with van der Waals surface area (Å²) in [4.78, 5) is 10.4. The number of primary amides is 1. The molecule has 0 bridgehead atoms. The molecule has 1 aromatic heterocycles. The summed E-state index contributed by atoms with van der Waals surface area (Å²) < 4.78 is 22.5. The van der Waals surface area contributed by atoms with Crippen molar-refractivity contribution < 1.29 is 13.2 Å². The molecule has 0 radical (unpaired) electrons. The first-order valence-electron chi connectivity index (χ1n) is 3.48. The van der Waals surface area contributed by atoms with Gasteiger partial charge in [0.15, 0.2) is 0 Å². The van der Waals surface area contributed by atoms with Crippen LogP contribution in [0.4, 0.5) is 5.13 Å². The number of carbonyl (C=O) groups excluding carboxylic acids is 1. The molecule has 0 saturated heterocycles. The predicted octanol–water partition coefficient (Wildman–Crippen LogP) is -1.16. The largest absolute Gasteiger partial charge is 0.369 e. The van der Waals surface area contributed by atoms with Crippen LogP contribution in [0.1, 0.15) is 0 Å². The first-order chi connectivity index (χ1) is 6.45. The van der Waals surface area contributed by atoms with Gasteiger partial charge in [0, 0.05) is 7.05 Å². The van der Waals surface area contributed by atoms with Crippen LogP contribution in [0.25, 0.3) is 0 Å². The number of nitrogens with zero attached hydrogens (tertiary/aromatic N) is 2. The molecule has 0 aromatic carbocycles. The van der Waals surface area contributed by atoms with Gasteiger partial charge in [-0.25, -0.2) is 8.42 Å². The highest BCUT2D eigenvalue weighted by molar-refractivity contribution is 7.94. The molecule has 0 aliphatic rings. The highest BCUT2D eigenvalue weighted by Crippen LogP contribution is 2.19. The zero-order valence-corrected chi connectivity index (χ0v) is 8.85. The van der Waals surface area contributed by atoms with E-state index < -0.39 is 21.5 Å². The summed E-state index contributed by atoms with van der Waals surface area (Å²) in [7, 11) is -2.13. The Morgan fingerprint density at radius 1 is 1.57 bits per heavy atom. The molecule has 0 aliphatic carbocycles. The van der Waals surface area contributed by atoms with Crippen LogP contribution in [0.5, 0.6) is 0 Å². The van der Waals surface area contributed by atoms with E-state index in [-0.39, 0.29) is 4.34 Å². The van der Waals surface area contributed by atoms with Crippen molar-refractivity contribution in [3.8, 4) is 0 Å². The lowest BCUT2D eigenvalue weighted by molar-refractivity contribution is -0.115. The summed E-state index contributed by atoms with van der Waals surface area (Å²) in [5, 5.41) is 9.96. The van der Waals surface area contributed by atoms with Crippen LogP contribution in [-0.4, -0.2) is 37.3 Å². The fourth-order valence-electron chi connectivity index (χ4n) is 0.685. The van der Waals surface area contributed by atoms with Gasteiger partial charge < -0.3 is 11.1 Å². The molecule has 0 aliphatic heterocycles. The maximum atomic E-state index is 11.4. The zero-order chi connectivity index (χ0) is 10.8. The van der Waals surface area contributed by atoms with Gasteiger partial charge in [0.25, 0.3) is 0 Å². The summed E-state index contributed by atoms with van der Waals surface area (Å²) in [6.07, 6.45) is 0. The average molecular weight is 236 g/mol. The molecule has 7 nitrogen and oxygen atoms in total. The van der Waals surface area contributed by atoms with Crippen LogP contribution >= 0.6 is 11.3 Å². The van der Waals surface area contributed by atoms with Crippen molar-refractivity contribution in [3.05, 3.63) is 0 Å². The second-order valence-corrected chi connectivity index (χ2v) is 5.49. The van der Waals surface area contributed by atoms with Gasteiger partial charge in [0.2, 0.25) is 25.2 Å². The van der Waals surface area contributed by atoms with E-state index >= 15 is 0 Å². The van der Waals surface area contributed by atoms with E-state index in [0.29, 0.717) is 5.13 Å². The van der Waals surface area contributed by atoms with Crippen molar-refractivity contribution in [1.82, 2.24) is 10.2 Å². The van der Waals surface area contributed by atoms with Crippen LogP contribution < -0.4 is 11.1 Å². The second-order valence-electron chi connectivity index (χ2n) is 2.35. The van der Waals surface area contributed by atoms with E-state index in [4.69, 9.17) is 5.73 Å². The number of hydrogen-bond acceptors (Lipinski definition) is 7. The summed E-state index contributed by atoms with van der Waals surface area (Å²) in [5.74, 6) is -1.66. The molecular formula is C5H8N4O3S2. The Morgan fingerprint density at radius 3 is 2.64 bits per heavy atom. The topological polar surface area (TPSA) is 115 Å². The minimum Gasteiger partial charge on any atom is -0.369 e. The lowest BCUT2D eigenvalue weighted by Crippen LogP contribution is -2.23. The van der Waals surface area contributed by atoms with Crippen molar-refractivity contribution in [2.24, 2.45) is 5.73 Å². The number of nitrogens with two attached hydrogens (primary N) is 1. The number of hydrogen-bond donors (Lipinski definition) is 2. The minimum atomic E-state index is -3.72. The van der Waals surface area contributed by atoms with Crippen molar-refractivity contribution in [3.63, 3.8) is 0 Å². The van der Waals surface area contributed by atoms with Crippen LogP contribution in [-0.2, 0) is 14.6 Å². The molecule has 1 heterocycles. The number of sulfone groups is 1. The Hall–Kier alpha value is -1.22. The van der Waals surface area contributed by atoms with E-state index in [1.54, 1.807) is 7.05 Å². The van der Waals surface area contributed by atoms with Crippen molar-refractivity contribution >= 4 is 32.2 Å². The second kappa shape index (κ2) is 3.88. The van der Waals surface area contributed by atoms with Crippen LogP contribution in [0.15, 0.2) is 4.34 Å². The summed E-state index contributed by atoms with van der Waals surface area (Å²) >= 11 is 0.853. The molecule has 3 N–H and O–H groups in total. The molecular weight excluding hydrogens is 228 g/mol. The fraction of sp³-hybridized carbons (Fsp3) is 0.400. The van der Waals surface area contributed by atoms with E-state index in [2.05, 4.69) is 15.5 Å². The molecule has 0 saturated carbocycles. The Kier molecular flexibility index (Phi) is 3.01. The van der Waals surface area contributed by atoms with Gasteiger partial charge in [0.05, 0.1) is 0 Å². The fourth-order valence-corrected chi connectivity index (χ4v) is 2.70. The van der Waals surface area contributed by atoms with Gasteiger partial charge in [-0.3, -0.25) is 4.79 Å². The first-order valence-corrected chi connectivity index (χ1v) is 5.95. The van der Waals surface area contributed by atoms with E-state index in [9.17, 15) is 13.2 Å². The summed E-state index contributed by atoms with van der Waals surface area (Å²) in [6.45, 7) is 0. The molecule has 0 spiro atoms. The lowest BCUT2D eigenvalue weighted by atomic mass is 10.8. The van der Waals surface area contributed by atoms with Crippen LogP contribution in [0.3, 0.4) is 0 Å². The number of rotatable bonds is 4. The maximum Gasteiger partial charge on any atom is 0.234 e. The van der Waals surface area contributed by atoms with Gasteiger partial charge in [-0.15, -0.1) is 10.2 Å². The molecule has 0 atom stereocenters. The molecule has 14 heavy (non-hydrogen) atoms. The minimum absolute atomic E-state index is 0.208. The van der Waals surface area contributed by atoms with Gasteiger partial charge >= 0.3 is 0 Å². The van der Waals surface area contributed by atoms with Gasteiger partial charge in [-0.2, -0.15) is 0 Å². The molecule has 1 rings (SSSR count). The third kappa shape index (κ3) is 2.39. The summed E-state index contributed by atoms with van der Waals surface area (Å²) in [6, 6.07) is 0. The van der Waals surface area contributed by atoms with Crippen molar-refractivity contribution in [1.29, 1.82) is 0 Å². The van der Waals surface area contributed by atoms with Crippen LogP contribution in [0, 0.1) is 0 Å². The van der Waals surface area contributed by atoms with Crippen molar-refractivity contribution in [2.45, 2.75) is 4.34 Å². The Morgan fingerprint density at radius 2 is 2.21 bits per heavy atom. The monoisotopic (exact) mass is 236 g/mol. The SMILES string of the molecule is CNc1nnc(S(=O)(=O)CC(N)=O)s1. The highest BCUT2D eigenvalue weighted by Gasteiger charge is 2.22. The van der Waals surface area contributed by atoms with Gasteiger partial charge in [-0.1, -0.05) is 11.3 Å². The number of amides is 1. The van der Waals surface area contributed by atoms with E-state index in [1.807, 2.05) is 0 Å². The molecule has 78 valence electrons. The smallest absolute Gasteiger partial charge is 0.234 e. The Labute approximate surface area is 84.3 Å². The number of carbonyl (C=O) groups is 1. The molecule has 0 unspecified atom stereocenters. The first kappa shape index (κ1) is 10.9. The third-order valence-corrected chi connectivity index (χ3v) is 4.24. The van der Waals surface area contributed by atoms with Crippen LogP contribution in [0.2, 0.25) is 0 Å². The maximum absolute atomic E-state index is 11.4. The van der Waals surface area contributed by atoms with Gasteiger partial charge in [0.1, 0.15) is 5.75 Å². The molecule has 1 aromatic rings. The number of aromatic nitrogens is 2. The molecule has 9 heteroatoms. The number of anilines is 1. The zero-order valence-electron chi connectivity index (χ0n) is 7.22. The van der Waals surface area contributed by atoms with E-state index in [1.165, 1.54) is 0 Å². The van der Waals surface area contributed by atoms with E-state index in [0.717, 1.165) is 11.3 Å². The summed E-state index contributed by atoms with van der Waals surface area (Å²) in [5.41, 5.74) is 4.78. The lowest BCUT2D eigenvalue weighted by Gasteiger charge is -1.93.